The molecule has 0 radical (unpaired) electrons. The lowest BCUT2D eigenvalue weighted by molar-refractivity contribution is 0.268. The lowest BCUT2D eigenvalue weighted by Gasteiger charge is -2.36. The summed E-state index contributed by atoms with van der Waals surface area (Å²) < 4.78 is 8.37. The first-order valence-corrected chi connectivity index (χ1v) is 10.5. The largest absolute Gasteiger partial charge is 0.411 e. The van der Waals surface area contributed by atoms with Crippen molar-refractivity contribution in [1.82, 2.24) is 9.55 Å². The molecule has 1 rings (SSSR count). The highest BCUT2D eigenvalue weighted by Gasteiger charge is 2.37. The molecule has 0 spiro atoms. The van der Waals surface area contributed by atoms with Gasteiger partial charge in [0.25, 0.3) is 0 Å². The van der Waals surface area contributed by atoms with Crippen molar-refractivity contribution in [3.8, 4) is 0 Å². The monoisotopic (exact) mass is 310 g/mol. The fourth-order valence-corrected chi connectivity index (χ4v) is 2.67. The van der Waals surface area contributed by atoms with Crippen LogP contribution in [0.25, 0.3) is 0 Å². The van der Waals surface area contributed by atoms with Crippen LogP contribution in [-0.2, 0) is 24.5 Å². The molecule has 1 aromatic heterocycles. The summed E-state index contributed by atoms with van der Waals surface area (Å²) in [6.07, 6.45) is 7.45. The van der Waals surface area contributed by atoms with E-state index in [9.17, 15) is 0 Å². The molecule has 0 unspecified atom stereocenters. The van der Waals surface area contributed by atoms with Crippen molar-refractivity contribution in [2.75, 3.05) is 6.61 Å². The third-order valence-electron chi connectivity index (χ3n) is 4.37. The van der Waals surface area contributed by atoms with E-state index in [4.69, 9.17) is 9.53 Å². The number of aliphatic hydroxyl groups excluding tert-OH is 1. The molecule has 1 heterocycles. The summed E-state index contributed by atoms with van der Waals surface area (Å²) in [5.74, 6) is 1.06. The van der Waals surface area contributed by atoms with E-state index < -0.39 is 8.32 Å². The van der Waals surface area contributed by atoms with Crippen molar-refractivity contribution in [3.63, 3.8) is 0 Å². The normalized spacial score (nSPS) is 13.3. The summed E-state index contributed by atoms with van der Waals surface area (Å²) in [5, 5.41) is 8.94. The van der Waals surface area contributed by atoms with Gasteiger partial charge in [-0.05, 0) is 24.6 Å². The summed E-state index contributed by atoms with van der Waals surface area (Å²) in [6.45, 7) is 12.0. The van der Waals surface area contributed by atoms with Crippen LogP contribution in [0.3, 0.4) is 0 Å². The number of nitrogens with zero attached hydrogens (tertiary/aromatic N) is 2. The van der Waals surface area contributed by atoms with Gasteiger partial charge in [0.05, 0.1) is 25.1 Å². The highest BCUT2D eigenvalue weighted by Crippen LogP contribution is 2.37. The lowest BCUT2D eigenvalue weighted by Crippen LogP contribution is -2.40. The van der Waals surface area contributed by atoms with Crippen molar-refractivity contribution in [3.05, 3.63) is 29.9 Å². The molecule has 0 aliphatic carbocycles. The number of allylic oxidation sites excluding steroid dienone is 1. The molecule has 0 aliphatic rings. The van der Waals surface area contributed by atoms with Gasteiger partial charge in [0.15, 0.2) is 8.32 Å². The Kier molecular flexibility index (Phi) is 6.37. The Balaban J connectivity index is 2.62. The van der Waals surface area contributed by atoms with E-state index in [2.05, 4.69) is 43.4 Å². The minimum atomic E-state index is -1.72. The Morgan fingerprint density at radius 3 is 2.57 bits per heavy atom. The molecule has 0 saturated heterocycles. The quantitative estimate of drug-likeness (QED) is 0.620. The summed E-state index contributed by atoms with van der Waals surface area (Å²) in [5.41, 5.74) is 1.13. The third-order valence-corrected chi connectivity index (χ3v) is 8.85. The SMILES string of the molecule is Cn1c(CO[Si](C)(C)C(C)(C)C)cnc1CC/C=C/CO. The Morgan fingerprint density at radius 2 is 2.00 bits per heavy atom. The van der Waals surface area contributed by atoms with E-state index in [-0.39, 0.29) is 11.6 Å². The zero-order valence-electron chi connectivity index (χ0n) is 14.3. The van der Waals surface area contributed by atoms with Gasteiger partial charge in [-0.15, -0.1) is 0 Å². The number of aromatic nitrogens is 2. The van der Waals surface area contributed by atoms with Gasteiger partial charge in [-0.3, -0.25) is 0 Å². The average molecular weight is 311 g/mol. The van der Waals surface area contributed by atoms with E-state index in [1.807, 2.05) is 19.3 Å². The number of hydrogen-bond donors (Lipinski definition) is 1. The van der Waals surface area contributed by atoms with Crippen LogP contribution in [0.5, 0.6) is 0 Å². The standard InChI is InChI=1S/C16H30N2O2Si/c1-16(2,3)21(5,6)20-13-14-12-17-15(18(14)4)10-8-7-9-11-19/h7,9,12,19H,8,10-11,13H2,1-6H3/b9-7+. The fraction of sp³-hybridized carbons (Fsp3) is 0.688. The van der Waals surface area contributed by atoms with Crippen LogP contribution in [0.2, 0.25) is 18.1 Å². The molecule has 0 saturated carbocycles. The molecule has 1 N–H and O–H groups in total. The molecule has 120 valence electrons. The number of hydrogen-bond acceptors (Lipinski definition) is 3. The van der Waals surface area contributed by atoms with Crippen LogP contribution < -0.4 is 0 Å². The van der Waals surface area contributed by atoms with Gasteiger partial charge in [-0.2, -0.15) is 0 Å². The second-order valence-electron chi connectivity index (χ2n) is 6.97. The van der Waals surface area contributed by atoms with Crippen LogP contribution in [0.1, 0.15) is 38.7 Å². The van der Waals surface area contributed by atoms with Crippen molar-refractivity contribution in [2.45, 2.75) is 58.4 Å². The van der Waals surface area contributed by atoms with Crippen molar-refractivity contribution in [2.24, 2.45) is 7.05 Å². The minimum absolute atomic E-state index is 0.103. The maximum Gasteiger partial charge on any atom is 0.192 e. The van der Waals surface area contributed by atoms with Crippen molar-refractivity contribution >= 4 is 8.32 Å². The first-order chi connectivity index (χ1) is 9.69. The molecular weight excluding hydrogens is 280 g/mol. The third kappa shape index (κ3) is 5.09. The molecule has 0 aromatic carbocycles. The fourth-order valence-electron chi connectivity index (χ4n) is 1.73. The van der Waals surface area contributed by atoms with Crippen molar-refractivity contribution < 1.29 is 9.53 Å². The molecule has 0 fully saturated rings. The Labute approximate surface area is 130 Å². The minimum Gasteiger partial charge on any atom is -0.411 e. The van der Waals surface area contributed by atoms with Crippen molar-refractivity contribution in [1.29, 1.82) is 0 Å². The smallest absolute Gasteiger partial charge is 0.192 e. The molecule has 0 aliphatic heterocycles. The molecule has 0 amide bonds. The average Bonchev–Trinajstić information content (AvgIpc) is 2.72. The van der Waals surface area contributed by atoms with E-state index >= 15 is 0 Å². The molecular formula is C16H30N2O2Si. The van der Waals surface area contributed by atoms with Crippen LogP contribution in [0.4, 0.5) is 0 Å². The van der Waals surface area contributed by atoms with E-state index in [0.717, 1.165) is 24.4 Å². The first kappa shape index (κ1) is 18.1. The van der Waals surface area contributed by atoms with E-state index in [1.54, 1.807) is 6.08 Å². The van der Waals surface area contributed by atoms with Crippen LogP contribution in [0, 0.1) is 0 Å². The van der Waals surface area contributed by atoms with E-state index in [0.29, 0.717) is 6.61 Å². The topological polar surface area (TPSA) is 47.3 Å². The highest BCUT2D eigenvalue weighted by molar-refractivity contribution is 6.74. The van der Waals surface area contributed by atoms with Crippen LogP contribution in [-0.4, -0.2) is 29.6 Å². The maximum atomic E-state index is 8.71. The zero-order valence-corrected chi connectivity index (χ0v) is 15.3. The summed E-state index contributed by atoms with van der Waals surface area (Å²) in [6, 6.07) is 0. The predicted molar refractivity (Wildman–Crippen MR) is 89.7 cm³/mol. The Bertz CT molecular complexity index is 473. The second-order valence-corrected chi connectivity index (χ2v) is 11.8. The van der Waals surface area contributed by atoms with Gasteiger partial charge in [-0.25, -0.2) is 4.98 Å². The van der Waals surface area contributed by atoms with Gasteiger partial charge in [0, 0.05) is 13.5 Å². The molecule has 5 heteroatoms. The Morgan fingerprint density at radius 1 is 1.33 bits per heavy atom. The summed E-state index contributed by atoms with van der Waals surface area (Å²) in [4.78, 5) is 4.48. The molecule has 0 atom stereocenters. The maximum absolute atomic E-state index is 8.71. The van der Waals surface area contributed by atoms with Gasteiger partial charge in [0.1, 0.15) is 5.82 Å². The predicted octanol–water partition coefficient (Wildman–Crippen LogP) is 3.42. The number of imidazole rings is 1. The number of aryl methyl sites for hydroxylation is 1. The molecule has 4 nitrogen and oxygen atoms in total. The second kappa shape index (κ2) is 7.38. The highest BCUT2D eigenvalue weighted by atomic mass is 28.4. The molecule has 1 aromatic rings. The summed E-state index contributed by atoms with van der Waals surface area (Å²) in [7, 11) is 0.327. The molecule has 21 heavy (non-hydrogen) atoms. The Hall–Kier alpha value is -0.913. The van der Waals surface area contributed by atoms with Crippen LogP contribution in [0.15, 0.2) is 18.3 Å². The van der Waals surface area contributed by atoms with Gasteiger partial charge < -0.3 is 14.1 Å². The van der Waals surface area contributed by atoms with E-state index in [1.165, 1.54) is 0 Å². The zero-order chi connectivity index (χ0) is 16.1. The lowest BCUT2D eigenvalue weighted by atomic mass is 10.2. The van der Waals surface area contributed by atoms with Gasteiger partial charge in [0.2, 0.25) is 0 Å². The first-order valence-electron chi connectivity index (χ1n) is 7.58. The van der Waals surface area contributed by atoms with Gasteiger partial charge >= 0.3 is 0 Å². The number of rotatable bonds is 7. The molecule has 0 bridgehead atoms. The van der Waals surface area contributed by atoms with Crippen LogP contribution >= 0.6 is 0 Å². The number of aliphatic hydroxyl groups is 1. The summed E-state index contributed by atoms with van der Waals surface area (Å²) >= 11 is 0. The van der Waals surface area contributed by atoms with Gasteiger partial charge in [-0.1, -0.05) is 32.9 Å².